The van der Waals surface area contributed by atoms with Crippen molar-refractivity contribution in [2.45, 2.75) is 25.9 Å². The molecule has 1 unspecified atom stereocenters. The lowest BCUT2D eigenvalue weighted by atomic mass is 10.0. The van der Waals surface area contributed by atoms with E-state index >= 15 is 0 Å². The van der Waals surface area contributed by atoms with Gasteiger partial charge >= 0.3 is 0 Å². The number of aliphatic hydroxyl groups excluding tert-OH is 1. The average molecular weight is 263 g/mol. The van der Waals surface area contributed by atoms with Gasteiger partial charge in [-0.25, -0.2) is 8.78 Å². The van der Waals surface area contributed by atoms with Crippen LogP contribution in [-0.2, 0) is 12.8 Å². The van der Waals surface area contributed by atoms with E-state index in [9.17, 15) is 13.9 Å². The van der Waals surface area contributed by atoms with Gasteiger partial charge in [-0.1, -0.05) is 13.0 Å². The predicted octanol–water partition coefficient (Wildman–Crippen LogP) is 3.20. The van der Waals surface area contributed by atoms with Gasteiger partial charge in [0.25, 0.3) is 0 Å². The molecule has 0 bridgehead atoms. The molecular weight excluding hydrogens is 248 g/mol. The van der Waals surface area contributed by atoms with Crippen LogP contribution in [0, 0.1) is 11.6 Å². The van der Waals surface area contributed by atoms with E-state index in [0.29, 0.717) is 11.3 Å². The normalized spacial score (nSPS) is 12.4. The zero-order valence-corrected chi connectivity index (χ0v) is 10.6. The van der Waals surface area contributed by atoms with E-state index < -0.39 is 17.7 Å². The highest BCUT2D eigenvalue weighted by Crippen LogP contribution is 2.21. The first-order chi connectivity index (χ1) is 9.10. The zero-order valence-electron chi connectivity index (χ0n) is 10.6. The van der Waals surface area contributed by atoms with Crippen LogP contribution in [0.1, 0.15) is 29.8 Å². The SMILES string of the molecule is CCc1cccnc1C(O)Cc1cc(F)cc(F)c1. The Hall–Kier alpha value is -1.81. The Bertz CT molecular complexity index is 552. The molecule has 1 atom stereocenters. The van der Waals surface area contributed by atoms with Crippen LogP contribution in [0.3, 0.4) is 0 Å². The molecule has 2 aromatic rings. The van der Waals surface area contributed by atoms with Crippen molar-refractivity contribution >= 4 is 0 Å². The fourth-order valence-electron chi connectivity index (χ4n) is 2.10. The topological polar surface area (TPSA) is 33.1 Å². The smallest absolute Gasteiger partial charge is 0.126 e. The monoisotopic (exact) mass is 263 g/mol. The van der Waals surface area contributed by atoms with Gasteiger partial charge in [0.2, 0.25) is 0 Å². The number of hydrogen-bond donors (Lipinski definition) is 1. The van der Waals surface area contributed by atoms with Crippen LogP contribution in [0.2, 0.25) is 0 Å². The Morgan fingerprint density at radius 1 is 1.21 bits per heavy atom. The number of aromatic nitrogens is 1. The van der Waals surface area contributed by atoms with Gasteiger partial charge in [-0.05, 0) is 35.7 Å². The molecule has 1 aromatic carbocycles. The van der Waals surface area contributed by atoms with E-state index in [1.54, 1.807) is 12.3 Å². The van der Waals surface area contributed by atoms with E-state index in [-0.39, 0.29) is 6.42 Å². The Labute approximate surface area is 110 Å². The summed E-state index contributed by atoms with van der Waals surface area (Å²) >= 11 is 0. The predicted molar refractivity (Wildman–Crippen MR) is 68.6 cm³/mol. The van der Waals surface area contributed by atoms with E-state index in [4.69, 9.17) is 0 Å². The second-order valence-corrected chi connectivity index (χ2v) is 4.40. The summed E-state index contributed by atoms with van der Waals surface area (Å²) in [6.45, 7) is 1.97. The fourth-order valence-corrected chi connectivity index (χ4v) is 2.10. The molecule has 0 saturated heterocycles. The van der Waals surface area contributed by atoms with Gasteiger partial charge in [0.05, 0.1) is 5.69 Å². The lowest BCUT2D eigenvalue weighted by Gasteiger charge is -2.13. The molecule has 2 nitrogen and oxygen atoms in total. The first kappa shape index (κ1) is 13.6. The maximum Gasteiger partial charge on any atom is 0.126 e. The maximum absolute atomic E-state index is 13.1. The van der Waals surface area contributed by atoms with Crippen molar-refractivity contribution in [3.05, 3.63) is 65.0 Å². The Morgan fingerprint density at radius 2 is 1.89 bits per heavy atom. The van der Waals surface area contributed by atoms with Crippen molar-refractivity contribution < 1.29 is 13.9 Å². The number of halogens is 2. The van der Waals surface area contributed by atoms with Gasteiger partial charge in [-0.3, -0.25) is 4.98 Å². The minimum absolute atomic E-state index is 0.138. The lowest BCUT2D eigenvalue weighted by Crippen LogP contribution is -2.08. The highest BCUT2D eigenvalue weighted by Gasteiger charge is 2.14. The molecule has 0 aliphatic rings. The van der Waals surface area contributed by atoms with Crippen LogP contribution >= 0.6 is 0 Å². The van der Waals surface area contributed by atoms with Gasteiger partial charge in [0, 0.05) is 18.7 Å². The summed E-state index contributed by atoms with van der Waals surface area (Å²) in [4.78, 5) is 4.15. The summed E-state index contributed by atoms with van der Waals surface area (Å²) < 4.78 is 26.2. The van der Waals surface area contributed by atoms with Crippen LogP contribution in [-0.4, -0.2) is 10.1 Å². The molecule has 0 spiro atoms. The number of benzene rings is 1. The quantitative estimate of drug-likeness (QED) is 0.919. The number of pyridine rings is 1. The summed E-state index contributed by atoms with van der Waals surface area (Å²) in [6.07, 6.45) is 1.62. The number of hydrogen-bond acceptors (Lipinski definition) is 2. The van der Waals surface area contributed by atoms with Gasteiger partial charge in [0.1, 0.15) is 17.7 Å². The van der Waals surface area contributed by atoms with Crippen molar-refractivity contribution in [1.82, 2.24) is 4.98 Å². The second kappa shape index (κ2) is 5.89. The Balaban J connectivity index is 2.22. The third-order valence-electron chi connectivity index (χ3n) is 2.97. The van der Waals surface area contributed by atoms with Crippen LogP contribution in [0.25, 0.3) is 0 Å². The molecule has 0 amide bonds. The fraction of sp³-hybridized carbons (Fsp3) is 0.267. The van der Waals surface area contributed by atoms with Gasteiger partial charge in [-0.15, -0.1) is 0 Å². The summed E-state index contributed by atoms with van der Waals surface area (Å²) in [5, 5.41) is 10.2. The molecular formula is C15H15F2NO. The third-order valence-corrected chi connectivity index (χ3v) is 2.97. The molecule has 2 rings (SSSR count). The minimum Gasteiger partial charge on any atom is -0.386 e. The number of aryl methyl sites for hydroxylation is 1. The number of rotatable bonds is 4. The Morgan fingerprint density at radius 3 is 2.53 bits per heavy atom. The molecule has 0 fully saturated rings. The molecule has 0 aliphatic heterocycles. The third kappa shape index (κ3) is 3.35. The van der Waals surface area contributed by atoms with Crippen molar-refractivity contribution in [3.63, 3.8) is 0 Å². The van der Waals surface area contributed by atoms with Crippen molar-refractivity contribution in [2.24, 2.45) is 0 Å². The van der Waals surface area contributed by atoms with Crippen LogP contribution < -0.4 is 0 Å². The molecule has 0 radical (unpaired) electrons. The molecule has 1 aromatic heterocycles. The standard InChI is InChI=1S/C15H15F2NO/c1-2-11-4-3-5-18-15(11)14(19)8-10-6-12(16)9-13(17)7-10/h3-7,9,14,19H,2,8H2,1H3. The summed E-state index contributed by atoms with van der Waals surface area (Å²) in [6, 6.07) is 6.95. The molecule has 19 heavy (non-hydrogen) atoms. The highest BCUT2D eigenvalue weighted by atomic mass is 19.1. The summed E-state index contributed by atoms with van der Waals surface area (Å²) in [5.41, 5.74) is 1.92. The van der Waals surface area contributed by atoms with Gasteiger partial charge in [0.15, 0.2) is 0 Å². The van der Waals surface area contributed by atoms with Crippen LogP contribution in [0.15, 0.2) is 36.5 Å². The van der Waals surface area contributed by atoms with Crippen molar-refractivity contribution in [3.8, 4) is 0 Å². The Kier molecular flexibility index (Phi) is 4.22. The first-order valence-corrected chi connectivity index (χ1v) is 6.17. The number of aliphatic hydroxyl groups is 1. The molecule has 1 N–H and O–H groups in total. The van der Waals surface area contributed by atoms with E-state index in [2.05, 4.69) is 4.98 Å². The summed E-state index contributed by atoms with van der Waals surface area (Å²) in [5.74, 6) is -1.28. The van der Waals surface area contributed by atoms with E-state index in [0.717, 1.165) is 18.1 Å². The van der Waals surface area contributed by atoms with Crippen molar-refractivity contribution in [1.29, 1.82) is 0 Å². The molecule has 1 heterocycles. The van der Waals surface area contributed by atoms with E-state index in [1.165, 1.54) is 12.1 Å². The van der Waals surface area contributed by atoms with E-state index in [1.807, 2.05) is 13.0 Å². The molecule has 100 valence electrons. The minimum atomic E-state index is -0.864. The maximum atomic E-state index is 13.1. The van der Waals surface area contributed by atoms with Crippen LogP contribution in [0.4, 0.5) is 8.78 Å². The zero-order chi connectivity index (χ0) is 13.8. The van der Waals surface area contributed by atoms with Crippen molar-refractivity contribution in [2.75, 3.05) is 0 Å². The second-order valence-electron chi connectivity index (χ2n) is 4.40. The average Bonchev–Trinajstić information content (AvgIpc) is 2.37. The van der Waals surface area contributed by atoms with Gasteiger partial charge < -0.3 is 5.11 Å². The summed E-state index contributed by atoms with van der Waals surface area (Å²) in [7, 11) is 0. The number of nitrogens with zero attached hydrogens (tertiary/aromatic N) is 1. The highest BCUT2D eigenvalue weighted by molar-refractivity contribution is 5.25. The first-order valence-electron chi connectivity index (χ1n) is 6.17. The molecule has 4 heteroatoms. The lowest BCUT2D eigenvalue weighted by molar-refractivity contribution is 0.172. The van der Waals surface area contributed by atoms with Gasteiger partial charge in [-0.2, -0.15) is 0 Å². The molecule has 0 saturated carbocycles. The molecule has 0 aliphatic carbocycles. The largest absolute Gasteiger partial charge is 0.386 e. The van der Waals surface area contributed by atoms with Crippen LogP contribution in [0.5, 0.6) is 0 Å².